The van der Waals surface area contributed by atoms with Crippen molar-refractivity contribution >= 4 is 18.0 Å². The van der Waals surface area contributed by atoms with Gasteiger partial charge in [0.25, 0.3) is 5.91 Å². The summed E-state index contributed by atoms with van der Waals surface area (Å²) in [5, 5.41) is 7.55. The number of nitrogens with one attached hydrogen (secondary N) is 1. The van der Waals surface area contributed by atoms with E-state index in [1.165, 1.54) is 7.11 Å². The highest BCUT2D eigenvalue weighted by molar-refractivity contribution is 5.91. The minimum Gasteiger partial charge on any atom is -0.493 e. The SMILES string of the molecule is COc1cc(C=O)ccc1OCC(=O)Nc1cc(C(C)(C)C)nn1-c1ccccc1. The third-order valence-corrected chi connectivity index (χ3v) is 4.43. The number of benzene rings is 2. The summed E-state index contributed by atoms with van der Waals surface area (Å²) in [7, 11) is 1.48. The molecule has 0 fully saturated rings. The van der Waals surface area contributed by atoms with Crippen LogP contribution in [0, 0.1) is 0 Å². The Morgan fingerprint density at radius 1 is 1.10 bits per heavy atom. The molecular weight excluding hydrogens is 382 g/mol. The maximum Gasteiger partial charge on any atom is 0.263 e. The van der Waals surface area contributed by atoms with E-state index in [4.69, 9.17) is 9.47 Å². The molecule has 7 nitrogen and oxygen atoms in total. The molecule has 156 valence electrons. The molecular formula is C23H25N3O4. The number of aromatic nitrogens is 2. The Bertz CT molecular complexity index is 1040. The summed E-state index contributed by atoms with van der Waals surface area (Å²) < 4.78 is 12.5. The van der Waals surface area contributed by atoms with E-state index < -0.39 is 0 Å². The van der Waals surface area contributed by atoms with Gasteiger partial charge in [-0.3, -0.25) is 9.59 Å². The summed E-state index contributed by atoms with van der Waals surface area (Å²) >= 11 is 0. The van der Waals surface area contributed by atoms with Crippen LogP contribution in [0.25, 0.3) is 5.69 Å². The second-order valence-corrected chi connectivity index (χ2v) is 7.78. The zero-order valence-corrected chi connectivity index (χ0v) is 17.5. The van der Waals surface area contributed by atoms with Gasteiger partial charge in [0.15, 0.2) is 18.1 Å². The molecule has 7 heteroatoms. The van der Waals surface area contributed by atoms with Crippen molar-refractivity contribution in [3.05, 3.63) is 65.9 Å². The lowest BCUT2D eigenvalue weighted by Gasteiger charge is -2.14. The summed E-state index contributed by atoms with van der Waals surface area (Å²) in [6.07, 6.45) is 0.719. The van der Waals surface area contributed by atoms with Crippen LogP contribution >= 0.6 is 0 Å². The molecule has 1 heterocycles. The van der Waals surface area contributed by atoms with Gasteiger partial charge in [-0.2, -0.15) is 5.10 Å². The van der Waals surface area contributed by atoms with Crippen LogP contribution < -0.4 is 14.8 Å². The second-order valence-electron chi connectivity index (χ2n) is 7.78. The minimum atomic E-state index is -0.339. The molecule has 0 saturated carbocycles. The van der Waals surface area contributed by atoms with Crippen molar-refractivity contribution in [2.75, 3.05) is 19.0 Å². The van der Waals surface area contributed by atoms with Gasteiger partial charge in [0, 0.05) is 17.0 Å². The number of para-hydroxylation sites is 1. The smallest absolute Gasteiger partial charge is 0.263 e. The highest BCUT2D eigenvalue weighted by Crippen LogP contribution is 2.28. The average Bonchev–Trinajstić information content (AvgIpc) is 3.17. The molecule has 1 N–H and O–H groups in total. The van der Waals surface area contributed by atoms with Crippen LogP contribution in [0.3, 0.4) is 0 Å². The first-order valence-corrected chi connectivity index (χ1v) is 9.53. The van der Waals surface area contributed by atoms with E-state index in [1.807, 2.05) is 36.4 Å². The van der Waals surface area contributed by atoms with Gasteiger partial charge in [0.1, 0.15) is 12.1 Å². The van der Waals surface area contributed by atoms with E-state index >= 15 is 0 Å². The first kappa shape index (κ1) is 21.1. The Kier molecular flexibility index (Phi) is 6.20. The number of rotatable bonds is 7. The first-order chi connectivity index (χ1) is 14.3. The topological polar surface area (TPSA) is 82.4 Å². The number of ether oxygens (including phenoxy) is 2. The Hall–Kier alpha value is -3.61. The molecule has 1 aromatic heterocycles. The molecule has 3 rings (SSSR count). The molecule has 30 heavy (non-hydrogen) atoms. The Balaban J connectivity index is 1.78. The quantitative estimate of drug-likeness (QED) is 0.599. The second kappa shape index (κ2) is 8.82. The summed E-state index contributed by atoms with van der Waals surface area (Å²) in [5.41, 5.74) is 1.98. The fraction of sp³-hybridized carbons (Fsp3) is 0.261. The predicted octanol–water partition coefficient (Wildman–Crippen LogP) is 4.01. The minimum absolute atomic E-state index is 0.177. The monoisotopic (exact) mass is 407 g/mol. The number of hydrogen-bond acceptors (Lipinski definition) is 5. The van der Waals surface area contributed by atoms with Gasteiger partial charge in [-0.15, -0.1) is 0 Å². The summed E-state index contributed by atoms with van der Waals surface area (Å²) in [6, 6.07) is 16.2. The Morgan fingerprint density at radius 2 is 1.83 bits per heavy atom. The zero-order valence-electron chi connectivity index (χ0n) is 17.5. The molecule has 2 aromatic carbocycles. The molecule has 0 aliphatic rings. The number of amides is 1. The predicted molar refractivity (Wildman–Crippen MR) is 115 cm³/mol. The van der Waals surface area contributed by atoms with Crippen LogP contribution in [0.4, 0.5) is 5.82 Å². The fourth-order valence-corrected chi connectivity index (χ4v) is 2.80. The summed E-state index contributed by atoms with van der Waals surface area (Å²) in [6.45, 7) is 5.97. The molecule has 0 spiro atoms. The van der Waals surface area contributed by atoms with Crippen LogP contribution in [-0.4, -0.2) is 35.7 Å². The lowest BCUT2D eigenvalue weighted by Crippen LogP contribution is -2.22. The van der Waals surface area contributed by atoms with E-state index in [1.54, 1.807) is 22.9 Å². The average molecular weight is 407 g/mol. The lowest BCUT2D eigenvalue weighted by molar-refractivity contribution is -0.118. The Morgan fingerprint density at radius 3 is 2.47 bits per heavy atom. The molecule has 0 atom stereocenters. The third-order valence-electron chi connectivity index (χ3n) is 4.43. The molecule has 0 bridgehead atoms. The molecule has 0 saturated heterocycles. The highest BCUT2D eigenvalue weighted by Gasteiger charge is 2.21. The van der Waals surface area contributed by atoms with E-state index in [0.717, 1.165) is 17.7 Å². The number of hydrogen-bond donors (Lipinski definition) is 1. The summed E-state index contributed by atoms with van der Waals surface area (Å²) in [4.78, 5) is 23.5. The number of methoxy groups -OCH3 is 1. The molecule has 0 aliphatic heterocycles. The van der Waals surface area contributed by atoms with E-state index in [9.17, 15) is 9.59 Å². The fourth-order valence-electron chi connectivity index (χ4n) is 2.80. The van der Waals surface area contributed by atoms with Crippen LogP contribution in [-0.2, 0) is 10.2 Å². The van der Waals surface area contributed by atoms with Crippen molar-refractivity contribution < 1.29 is 19.1 Å². The molecule has 3 aromatic rings. The largest absolute Gasteiger partial charge is 0.493 e. The van der Waals surface area contributed by atoms with Crippen LogP contribution in [0.5, 0.6) is 11.5 Å². The van der Waals surface area contributed by atoms with Crippen LogP contribution in [0.1, 0.15) is 36.8 Å². The number of carbonyl (C=O) groups is 2. The first-order valence-electron chi connectivity index (χ1n) is 9.53. The van der Waals surface area contributed by atoms with Crippen LogP contribution in [0.15, 0.2) is 54.6 Å². The van der Waals surface area contributed by atoms with E-state index in [0.29, 0.717) is 22.9 Å². The standard InChI is InChI=1S/C23H25N3O4/c1-23(2,3)20-13-21(26(25-20)17-8-6-5-7-9-17)24-22(28)15-30-18-11-10-16(14-27)12-19(18)29-4/h5-14H,15H2,1-4H3,(H,24,28). The number of carbonyl (C=O) groups excluding carboxylic acids is 2. The highest BCUT2D eigenvalue weighted by atomic mass is 16.5. The number of anilines is 1. The molecule has 1 amide bonds. The molecule has 0 unspecified atom stereocenters. The summed E-state index contributed by atoms with van der Waals surface area (Å²) in [5.74, 6) is 0.985. The number of aldehydes is 1. The van der Waals surface area contributed by atoms with Crippen molar-refractivity contribution in [1.29, 1.82) is 0 Å². The van der Waals surface area contributed by atoms with Crippen molar-refractivity contribution in [2.45, 2.75) is 26.2 Å². The van der Waals surface area contributed by atoms with Crippen molar-refractivity contribution in [3.8, 4) is 17.2 Å². The van der Waals surface area contributed by atoms with Gasteiger partial charge < -0.3 is 14.8 Å². The maximum absolute atomic E-state index is 12.6. The van der Waals surface area contributed by atoms with Gasteiger partial charge in [0.05, 0.1) is 18.5 Å². The van der Waals surface area contributed by atoms with Crippen molar-refractivity contribution in [1.82, 2.24) is 9.78 Å². The lowest BCUT2D eigenvalue weighted by atomic mass is 9.92. The van der Waals surface area contributed by atoms with Gasteiger partial charge in [-0.05, 0) is 30.3 Å². The van der Waals surface area contributed by atoms with Crippen molar-refractivity contribution in [3.63, 3.8) is 0 Å². The zero-order chi connectivity index (χ0) is 21.7. The number of nitrogens with zero attached hydrogens (tertiary/aromatic N) is 2. The van der Waals surface area contributed by atoms with E-state index in [-0.39, 0.29) is 17.9 Å². The van der Waals surface area contributed by atoms with Crippen LogP contribution in [0.2, 0.25) is 0 Å². The Labute approximate surface area is 175 Å². The third kappa shape index (κ3) is 4.86. The van der Waals surface area contributed by atoms with Gasteiger partial charge in [-0.25, -0.2) is 4.68 Å². The van der Waals surface area contributed by atoms with Crippen molar-refractivity contribution in [2.24, 2.45) is 0 Å². The van der Waals surface area contributed by atoms with E-state index in [2.05, 4.69) is 31.2 Å². The normalized spacial score (nSPS) is 11.1. The van der Waals surface area contributed by atoms with Gasteiger partial charge in [-0.1, -0.05) is 39.0 Å². The molecule has 0 radical (unpaired) electrons. The maximum atomic E-state index is 12.6. The van der Waals surface area contributed by atoms with Gasteiger partial charge in [0.2, 0.25) is 0 Å². The van der Waals surface area contributed by atoms with Gasteiger partial charge >= 0.3 is 0 Å². The molecule has 0 aliphatic carbocycles.